The van der Waals surface area contributed by atoms with E-state index >= 15 is 0 Å². The van der Waals surface area contributed by atoms with Crippen molar-refractivity contribution in [3.05, 3.63) is 31.4 Å². The van der Waals surface area contributed by atoms with Crippen LogP contribution in [0.3, 0.4) is 0 Å². The number of aliphatic carboxylic acids is 1. The molecule has 7 nitrogen and oxygen atoms in total. The van der Waals surface area contributed by atoms with Crippen LogP contribution >= 0.6 is 38.5 Å². The molecule has 0 saturated carbocycles. The van der Waals surface area contributed by atoms with Gasteiger partial charge in [-0.05, 0) is 63.2 Å². The fourth-order valence-electron chi connectivity index (χ4n) is 2.13. The van der Waals surface area contributed by atoms with Crippen LogP contribution in [0.25, 0.3) is 6.08 Å². The molecule has 0 radical (unpaired) electrons. The summed E-state index contributed by atoms with van der Waals surface area (Å²) in [5, 5.41) is 11.3. The van der Waals surface area contributed by atoms with Crippen LogP contribution in [0.1, 0.15) is 18.9 Å². The van der Waals surface area contributed by atoms with E-state index in [1.165, 1.54) is 6.08 Å². The quantitative estimate of drug-likeness (QED) is 0.350. The first kappa shape index (κ1) is 18.7. The zero-order valence-corrected chi connectivity index (χ0v) is 16.4. The van der Waals surface area contributed by atoms with Gasteiger partial charge in [0, 0.05) is 15.7 Å². The fraction of sp³-hybridized carbons (Fsp3) is 0.267. The monoisotopic (exact) mass is 508 g/mol. The minimum atomic E-state index is -1.11. The Morgan fingerprint density at radius 2 is 2.17 bits per heavy atom. The summed E-state index contributed by atoms with van der Waals surface area (Å²) in [5.41, 5.74) is 0.625. The molecule has 128 valence electrons. The van der Waals surface area contributed by atoms with Crippen LogP contribution in [0.4, 0.5) is 4.79 Å². The van der Waals surface area contributed by atoms with Crippen molar-refractivity contribution < 1.29 is 24.2 Å². The Morgan fingerprint density at radius 1 is 1.46 bits per heavy atom. The maximum Gasteiger partial charge on any atom is 0.341 e. The Bertz CT molecular complexity index is 735. The van der Waals surface area contributed by atoms with E-state index in [4.69, 9.17) is 9.84 Å². The molecule has 1 saturated heterocycles. The number of nitrogens with one attached hydrogen (secondary N) is 1. The molecule has 1 fully saturated rings. The summed E-state index contributed by atoms with van der Waals surface area (Å²) in [5.74, 6) is -1.24. The lowest BCUT2D eigenvalue weighted by Crippen LogP contribution is -2.31. The molecule has 1 aromatic carbocycles. The summed E-state index contributed by atoms with van der Waals surface area (Å²) in [6, 6.07) is 3.03. The number of carboxylic acids is 1. The third kappa shape index (κ3) is 4.26. The van der Waals surface area contributed by atoms with Gasteiger partial charge in [0.2, 0.25) is 0 Å². The van der Waals surface area contributed by atoms with Crippen LogP contribution in [0.5, 0.6) is 5.75 Å². The molecule has 0 aliphatic carbocycles. The normalized spacial score (nSPS) is 15.8. The van der Waals surface area contributed by atoms with Crippen molar-refractivity contribution in [2.24, 2.45) is 0 Å². The van der Waals surface area contributed by atoms with Crippen molar-refractivity contribution >= 4 is 62.5 Å². The van der Waals surface area contributed by atoms with Crippen molar-refractivity contribution in [2.45, 2.75) is 13.3 Å². The average Bonchev–Trinajstić information content (AvgIpc) is 2.74. The van der Waals surface area contributed by atoms with Gasteiger partial charge in [-0.1, -0.05) is 6.92 Å². The molecule has 2 rings (SSSR count). The van der Waals surface area contributed by atoms with Gasteiger partial charge < -0.3 is 15.2 Å². The highest BCUT2D eigenvalue weighted by atomic mass is 127. The molecule has 1 aliphatic heterocycles. The maximum absolute atomic E-state index is 12.3. The largest absolute Gasteiger partial charge is 0.480 e. The van der Waals surface area contributed by atoms with E-state index in [-0.39, 0.29) is 5.70 Å². The number of rotatable bonds is 6. The lowest BCUT2D eigenvalue weighted by molar-refractivity contribution is -0.139. The lowest BCUT2D eigenvalue weighted by Gasteiger charge is -2.11. The van der Waals surface area contributed by atoms with E-state index in [1.807, 2.05) is 6.92 Å². The number of halogens is 2. The molecular formula is C15H14BrIN2O5. The molecule has 1 aliphatic rings. The summed E-state index contributed by atoms with van der Waals surface area (Å²) in [4.78, 5) is 36.0. The molecule has 0 bridgehead atoms. The molecule has 1 aromatic rings. The Kier molecular flexibility index (Phi) is 6.21. The molecule has 0 aromatic heterocycles. The molecule has 0 atom stereocenters. The first-order chi connectivity index (χ1) is 11.3. The van der Waals surface area contributed by atoms with Gasteiger partial charge in [0.05, 0.1) is 4.47 Å². The zero-order valence-electron chi connectivity index (χ0n) is 12.6. The van der Waals surface area contributed by atoms with Gasteiger partial charge in [-0.15, -0.1) is 0 Å². The smallest absolute Gasteiger partial charge is 0.341 e. The topological polar surface area (TPSA) is 95.9 Å². The molecule has 2 N–H and O–H groups in total. The Hall–Kier alpha value is -1.62. The van der Waals surface area contributed by atoms with Gasteiger partial charge in [0.15, 0.2) is 6.61 Å². The minimum absolute atomic E-state index is 0.127. The van der Waals surface area contributed by atoms with Crippen LogP contribution in [-0.4, -0.2) is 41.1 Å². The SMILES string of the molecule is CCCN1C(=O)N/C(=C/c2cc(I)cc(Br)c2OCC(=O)O)C1=O. The standard InChI is InChI=1S/C15H14BrIN2O5/c1-2-3-19-14(22)11(18-15(19)23)5-8-4-9(17)6-10(16)13(8)24-7-12(20)21/h4-6H,2-3,7H2,1H3,(H,18,23)(H,20,21)/b11-5+. The predicted octanol–water partition coefficient (Wildman–Crippen LogP) is 2.82. The van der Waals surface area contributed by atoms with E-state index in [2.05, 4.69) is 43.8 Å². The summed E-state index contributed by atoms with van der Waals surface area (Å²) in [6.07, 6.45) is 2.15. The number of benzene rings is 1. The first-order valence-electron chi connectivity index (χ1n) is 7.01. The first-order valence-corrected chi connectivity index (χ1v) is 8.88. The second-order valence-corrected chi connectivity index (χ2v) is 7.03. The Balaban J connectivity index is 2.39. The van der Waals surface area contributed by atoms with E-state index in [1.54, 1.807) is 12.1 Å². The van der Waals surface area contributed by atoms with E-state index in [0.29, 0.717) is 28.8 Å². The van der Waals surface area contributed by atoms with Crippen LogP contribution in [-0.2, 0) is 9.59 Å². The van der Waals surface area contributed by atoms with Crippen molar-refractivity contribution in [1.82, 2.24) is 10.2 Å². The number of carbonyl (C=O) groups is 3. The van der Waals surface area contributed by atoms with Crippen LogP contribution in [0.2, 0.25) is 0 Å². The molecule has 24 heavy (non-hydrogen) atoms. The predicted molar refractivity (Wildman–Crippen MR) is 98.5 cm³/mol. The number of amides is 3. The number of hydrogen-bond acceptors (Lipinski definition) is 4. The molecule has 3 amide bonds. The highest BCUT2D eigenvalue weighted by Crippen LogP contribution is 2.33. The van der Waals surface area contributed by atoms with Crippen LogP contribution in [0.15, 0.2) is 22.3 Å². The fourth-order valence-corrected chi connectivity index (χ4v) is 3.79. The maximum atomic E-state index is 12.3. The van der Waals surface area contributed by atoms with Crippen molar-refractivity contribution in [2.75, 3.05) is 13.2 Å². The second-order valence-electron chi connectivity index (χ2n) is 4.93. The number of hydrogen-bond donors (Lipinski definition) is 2. The Labute approximate surface area is 160 Å². The van der Waals surface area contributed by atoms with Crippen molar-refractivity contribution in [3.8, 4) is 5.75 Å². The van der Waals surface area contributed by atoms with Gasteiger partial charge in [-0.25, -0.2) is 9.59 Å². The third-order valence-corrected chi connectivity index (χ3v) is 4.30. The molecular weight excluding hydrogens is 495 g/mol. The van der Waals surface area contributed by atoms with Crippen molar-refractivity contribution in [1.29, 1.82) is 0 Å². The summed E-state index contributed by atoms with van der Waals surface area (Å²) in [6.45, 7) is 1.69. The zero-order chi connectivity index (χ0) is 17.9. The highest BCUT2D eigenvalue weighted by Gasteiger charge is 2.33. The molecule has 0 unspecified atom stereocenters. The van der Waals surface area contributed by atoms with Gasteiger partial charge in [-0.2, -0.15) is 0 Å². The second kappa shape index (κ2) is 7.97. The van der Waals surface area contributed by atoms with E-state index in [9.17, 15) is 14.4 Å². The minimum Gasteiger partial charge on any atom is -0.480 e. The summed E-state index contributed by atoms with van der Waals surface area (Å²) >= 11 is 5.42. The molecule has 9 heteroatoms. The number of carboxylic acid groups (broad SMARTS) is 1. The summed E-state index contributed by atoms with van der Waals surface area (Å²) in [7, 11) is 0. The molecule has 1 heterocycles. The van der Waals surface area contributed by atoms with Crippen LogP contribution < -0.4 is 10.1 Å². The number of carbonyl (C=O) groups excluding carboxylic acids is 2. The number of ether oxygens (including phenoxy) is 1. The van der Waals surface area contributed by atoms with E-state index in [0.717, 1.165) is 8.47 Å². The average molecular weight is 509 g/mol. The number of imide groups is 1. The number of nitrogens with zero attached hydrogens (tertiary/aromatic N) is 1. The highest BCUT2D eigenvalue weighted by molar-refractivity contribution is 14.1. The summed E-state index contributed by atoms with van der Waals surface area (Å²) < 4.78 is 6.72. The van der Waals surface area contributed by atoms with Crippen LogP contribution in [0, 0.1) is 3.57 Å². The van der Waals surface area contributed by atoms with Crippen molar-refractivity contribution in [3.63, 3.8) is 0 Å². The van der Waals surface area contributed by atoms with E-state index < -0.39 is 24.5 Å². The third-order valence-electron chi connectivity index (χ3n) is 3.09. The molecule has 0 spiro atoms. The van der Waals surface area contributed by atoms with Gasteiger partial charge >= 0.3 is 12.0 Å². The number of urea groups is 1. The van der Waals surface area contributed by atoms with Gasteiger partial charge in [0.25, 0.3) is 5.91 Å². The van der Waals surface area contributed by atoms with Gasteiger partial charge in [-0.3, -0.25) is 9.69 Å². The lowest BCUT2D eigenvalue weighted by atomic mass is 10.1. The van der Waals surface area contributed by atoms with Gasteiger partial charge in [0.1, 0.15) is 11.4 Å². The Morgan fingerprint density at radius 3 is 2.79 bits per heavy atom.